The molecule has 17 heavy (non-hydrogen) atoms. The van der Waals surface area contributed by atoms with E-state index < -0.39 is 11.7 Å². The molecule has 0 N–H and O–H groups in total. The lowest BCUT2D eigenvalue weighted by Crippen LogP contribution is -2.20. The summed E-state index contributed by atoms with van der Waals surface area (Å²) in [6.07, 6.45) is -2.56. The van der Waals surface area contributed by atoms with E-state index >= 15 is 0 Å². The predicted molar refractivity (Wildman–Crippen MR) is 61.8 cm³/mol. The van der Waals surface area contributed by atoms with Gasteiger partial charge in [0.1, 0.15) is 0 Å². The first-order valence-electron chi connectivity index (χ1n) is 5.87. The average Bonchev–Trinajstić information content (AvgIpc) is 2.57. The van der Waals surface area contributed by atoms with E-state index in [2.05, 4.69) is 20.8 Å². The standard InChI is InChI=1S/C14H17F3/c1-13(2,3)12-6-9-4-5-11(14(15,16)17)7-10(9)8-12/h4-5,7,12H,6,8H2,1-3H3. The van der Waals surface area contributed by atoms with Crippen molar-refractivity contribution in [2.24, 2.45) is 11.3 Å². The highest BCUT2D eigenvalue weighted by atomic mass is 19.4. The van der Waals surface area contributed by atoms with Crippen LogP contribution in [0.3, 0.4) is 0 Å². The SMILES string of the molecule is CC(C)(C)C1Cc2ccc(C(F)(F)F)cc2C1. The van der Waals surface area contributed by atoms with Gasteiger partial charge in [0.05, 0.1) is 5.56 Å². The topological polar surface area (TPSA) is 0 Å². The zero-order valence-corrected chi connectivity index (χ0v) is 10.4. The minimum Gasteiger partial charge on any atom is -0.166 e. The minimum atomic E-state index is -4.23. The van der Waals surface area contributed by atoms with Crippen molar-refractivity contribution in [1.29, 1.82) is 0 Å². The first-order chi connectivity index (χ1) is 7.68. The van der Waals surface area contributed by atoms with Crippen molar-refractivity contribution in [3.63, 3.8) is 0 Å². The summed E-state index contributed by atoms with van der Waals surface area (Å²) in [5.74, 6) is 0.445. The van der Waals surface area contributed by atoms with Crippen LogP contribution >= 0.6 is 0 Å². The van der Waals surface area contributed by atoms with Gasteiger partial charge in [-0.2, -0.15) is 13.2 Å². The zero-order valence-electron chi connectivity index (χ0n) is 10.4. The van der Waals surface area contributed by atoms with E-state index in [9.17, 15) is 13.2 Å². The molecule has 0 fully saturated rings. The Morgan fingerprint density at radius 1 is 1.00 bits per heavy atom. The van der Waals surface area contributed by atoms with Gasteiger partial charge in [0.2, 0.25) is 0 Å². The molecule has 2 rings (SSSR count). The monoisotopic (exact) mass is 242 g/mol. The van der Waals surface area contributed by atoms with Crippen LogP contribution in [0.1, 0.15) is 37.5 Å². The largest absolute Gasteiger partial charge is 0.416 e. The van der Waals surface area contributed by atoms with E-state index in [1.165, 1.54) is 12.1 Å². The van der Waals surface area contributed by atoms with Crippen molar-refractivity contribution in [2.45, 2.75) is 39.8 Å². The molecule has 0 amide bonds. The summed E-state index contributed by atoms with van der Waals surface area (Å²) in [6, 6.07) is 4.16. The van der Waals surface area contributed by atoms with E-state index in [0.29, 0.717) is 5.92 Å². The van der Waals surface area contributed by atoms with Crippen molar-refractivity contribution in [3.05, 3.63) is 34.9 Å². The molecule has 1 aliphatic rings. The highest BCUT2D eigenvalue weighted by molar-refractivity contribution is 5.37. The number of alkyl halides is 3. The smallest absolute Gasteiger partial charge is 0.166 e. The number of fused-ring (bicyclic) bond motifs is 1. The molecule has 0 saturated heterocycles. The summed E-state index contributed by atoms with van der Waals surface area (Å²) in [5, 5.41) is 0. The van der Waals surface area contributed by atoms with Crippen molar-refractivity contribution in [1.82, 2.24) is 0 Å². The van der Waals surface area contributed by atoms with E-state index in [1.54, 1.807) is 6.07 Å². The Hall–Kier alpha value is -0.990. The quantitative estimate of drug-likeness (QED) is 0.629. The van der Waals surface area contributed by atoms with Gasteiger partial charge >= 0.3 is 6.18 Å². The number of hydrogen-bond acceptors (Lipinski definition) is 0. The summed E-state index contributed by atoms with van der Waals surface area (Å²) >= 11 is 0. The minimum absolute atomic E-state index is 0.150. The fourth-order valence-corrected chi connectivity index (χ4v) is 2.41. The molecule has 94 valence electrons. The molecule has 0 aromatic heterocycles. The van der Waals surface area contributed by atoms with Gasteiger partial charge < -0.3 is 0 Å². The van der Waals surface area contributed by atoms with E-state index in [0.717, 1.165) is 24.0 Å². The molecule has 0 saturated carbocycles. The second kappa shape index (κ2) is 3.76. The van der Waals surface area contributed by atoms with Crippen molar-refractivity contribution < 1.29 is 13.2 Å². The van der Waals surface area contributed by atoms with Gasteiger partial charge in [-0.1, -0.05) is 26.8 Å². The molecule has 0 bridgehead atoms. The normalized spacial score (nSPS) is 20.5. The van der Waals surface area contributed by atoms with Crippen LogP contribution in [0.2, 0.25) is 0 Å². The molecule has 1 aromatic rings. The molecule has 3 heteroatoms. The van der Waals surface area contributed by atoms with E-state index in [-0.39, 0.29) is 5.41 Å². The van der Waals surface area contributed by atoms with Crippen LogP contribution in [0.4, 0.5) is 13.2 Å². The maximum absolute atomic E-state index is 12.6. The summed E-state index contributed by atoms with van der Waals surface area (Å²) in [6.45, 7) is 6.44. The van der Waals surface area contributed by atoms with Gasteiger partial charge in [-0.05, 0) is 47.4 Å². The lowest BCUT2D eigenvalue weighted by Gasteiger charge is -2.26. The molecule has 0 heterocycles. The summed E-state index contributed by atoms with van der Waals surface area (Å²) in [5.41, 5.74) is 1.58. The number of rotatable bonds is 0. The molecular weight excluding hydrogens is 225 g/mol. The Bertz CT molecular complexity index is 424. The molecule has 1 unspecified atom stereocenters. The Kier molecular flexibility index (Phi) is 2.75. The Balaban J connectivity index is 2.29. The van der Waals surface area contributed by atoms with Crippen LogP contribution in [-0.4, -0.2) is 0 Å². The van der Waals surface area contributed by atoms with Gasteiger partial charge in [-0.15, -0.1) is 0 Å². The lowest BCUT2D eigenvalue weighted by molar-refractivity contribution is -0.137. The van der Waals surface area contributed by atoms with Gasteiger partial charge in [0.15, 0.2) is 0 Å². The Morgan fingerprint density at radius 3 is 2.12 bits per heavy atom. The second-order valence-corrected chi connectivity index (χ2v) is 5.95. The fraction of sp³-hybridized carbons (Fsp3) is 0.571. The molecule has 1 atom stereocenters. The van der Waals surface area contributed by atoms with Crippen LogP contribution in [0, 0.1) is 11.3 Å². The first kappa shape index (κ1) is 12.5. The molecule has 0 radical (unpaired) electrons. The van der Waals surface area contributed by atoms with E-state index in [1.807, 2.05) is 0 Å². The Labute approximate surface area is 99.8 Å². The third-order valence-corrected chi connectivity index (χ3v) is 3.69. The van der Waals surface area contributed by atoms with Crippen LogP contribution in [0.15, 0.2) is 18.2 Å². The lowest BCUT2D eigenvalue weighted by atomic mass is 9.79. The van der Waals surface area contributed by atoms with Crippen LogP contribution in [0.25, 0.3) is 0 Å². The average molecular weight is 242 g/mol. The zero-order chi connectivity index (χ0) is 12.8. The summed E-state index contributed by atoms with van der Waals surface area (Å²) in [7, 11) is 0. The Morgan fingerprint density at radius 2 is 1.59 bits per heavy atom. The summed E-state index contributed by atoms with van der Waals surface area (Å²) in [4.78, 5) is 0. The van der Waals surface area contributed by atoms with Gasteiger partial charge in [0.25, 0.3) is 0 Å². The number of benzene rings is 1. The maximum atomic E-state index is 12.6. The highest BCUT2D eigenvalue weighted by Crippen LogP contribution is 2.40. The maximum Gasteiger partial charge on any atom is 0.416 e. The van der Waals surface area contributed by atoms with Gasteiger partial charge in [0, 0.05) is 0 Å². The second-order valence-electron chi connectivity index (χ2n) is 5.95. The third-order valence-electron chi connectivity index (χ3n) is 3.69. The van der Waals surface area contributed by atoms with Crippen molar-refractivity contribution >= 4 is 0 Å². The third kappa shape index (κ3) is 2.48. The number of hydrogen-bond donors (Lipinski definition) is 0. The fourth-order valence-electron chi connectivity index (χ4n) is 2.41. The predicted octanol–water partition coefficient (Wildman–Crippen LogP) is 4.47. The molecule has 0 spiro atoms. The molecular formula is C14H17F3. The van der Waals surface area contributed by atoms with Crippen LogP contribution in [0.5, 0.6) is 0 Å². The van der Waals surface area contributed by atoms with Crippen LogP contribution in [-0.2, 0) is 19.0 Å². The van der Waals surface area contributed by atoms with Crippen molar-refractivity contribution in [3.8, 4) is 0 Å². The molecule has 0 nitrogen and oxygen atoms in total. The van der Waals surface area contributed by atoms with Gasteiger partial charge in [-0.3, -0.25) is 0 Å². The molecule has 0 aliphatic heterocycles. The van der Waals surface area contributed by atoms with Crippen LogP contribution < -0.4 is 0 Å². The summed E-state index contributed by atoms with van der Waals surface area (Å²) < 4.78 is 37.8. The molecule has 1 aromatic carbocycles. The highest BCUT2D eigenvalue weighted by Gasteiger charge is 2.35. The first-order valence-corrected chi connectivity index (χ1v) is 5.87. The van der Waals surface area contributed by atoms with E-state index in [4.69, 9.17) is 0 Å². The number of halogens is 3. The van der Waals surface area contributed by atoms with Gasteiger partial charge in [-0.25, -0.2) is 0 Å². The molecule has 1 aliphatic carbocycles. The van der Waals surface area contributed by atoms with Crippen molar-refractivity contribution in [2.75, 3.05) is 0 Å².